The Bertz CT molecular complexity index is 2920. The molecule has 0 unspecified atom stereocenters. The molecule has 534 valence electrons. The van der Waals surface area contributed by atoms with Crippen LogP contribution in [0.15, 0.2) is 11.6 Å². The third-order valence-corrected chi connectivity index (χ3v) is 23.1. The topological polar surface area (TPSA) is 474 Å². The molecule has 0 aromatic heterocycles. The first kappa shape index (κ1) is 73.5. The first-order valence-electron chi connectivity index (χ1n) is 31.8. The van der Waals surface area contributed by atoms with Crippen LogP contribution in [-0.2, 0) is 95.6 Å². The van der Waals surface area contributed by atoms with Crippen molar-refractivity contribution in [1.82, 2.24) is 0 Å². The lowest BCUT2D eigenvalue weighted by molar-refractivity contribution is -0.403. The van der Waals surface area contributed by atoms with E-state index in [0.717, 1.165) is 20.0 Å². The van der Waals surface area contributed by atoms with Gasteiger partial charge in [-0.15, -0.1) is 0 Å². The normalized spacial score (nSPS) is 49.3. The van der Waals surface area contributed by atoms with Gasteiger partial charge in [-0.1, -0.05) is 59.6 Å². The van der Waals surface area contributed by atoms with Crippen molar-refractivity contribution in [2.75, 3.05) is 33.5 Å². The molecule has 0 aromatic rings. The van der Waals surface area contributed by atoms with Gasteiger partial charge in [0, 0.05) is 13.5 Å². The van der Waals surface area contributed by atoms with Crippen LogP contribution in [0.5, 0.6) is 0 Å². The number of Topliss-reactive ketones (excluding diaryl/α,β-unsaturated/α-hetero) is 1. The number of hydrogen-bond acceptors (Lipinski definition) is 30. The van der Waals surface area contributed by atoms with Gasteiger partial charge in [-0.05, 0) is 92.8 Å². The number of ether oxygens (including phenoxy) is 12. The van der Waals surface area contributed by atoms with Crippen molar-refractivity contribution in [3.05, 3.63) is 11.6 Å². The highest BCUT2D eigenvalue weighted by molar-refractivity contribution is 7.81. The van der Waals surface area contributed by atoms with Crippen molar-refractivity contribution in [3.8, 4) is 0 Å². The van der Waals surface area contributed by atoms with Gasteiger partial charge >= 0.3 is 26.8 Å². The number of hydrogen-bond donors (Lipinski definition) is 12. The van der Waals surface area contributed by atoms with E-state index in [1.807, 2.05) is 20.8 Å². The average molecular weight is 1380 g/mol. The number of ketones is 1. The smallest absolute Gasteiger partial charge is 0.397 e. The van der Waals surface area contributed by atoms with Crippen molar-refractivity contribution in [2.24, 2.45) is 45.3 Å². The Morgan fingerprint density at radius 1 is 0.656 bits per heavy atom. The number of carbonyl (C=O) groups excluding carboxylic acids is 2. The third-order valence-electron chi connectivity index (χ3n) is 22.2. The minimum absolute atomic E-state index is 0.0490. The largest absolute Gasteiger partial charge is 0.458 e. The number of aliphatic hydroxyl groups is 10. The zero-order valence-corrected chi connectivity index (χ0v) is 54.9. The van der Waals surface area contributed by atoms with E-state index in [1.165, 1.54) is 12.5 Å². The van der Waals surface area contributed by atoms with Crippen LogP contribution in [0, 0.1) is 45.3 Å². The first-order chi connectivity index (χ1) is 43.4. The number of aliphatic hydroxyl groups excluding tert-OH is 10. The Hall–Kier alpha value is -2.22. The summed E-state index contributed by atoms with van der Waals surface area (Å²) in [4.78, 5) is 29.0. The molecule has 10 rings (SSSR count). The summed E-state index contributed by atoms with van der Waals surface area (Å²) in [6, 6.07) is 0. The molecular weight excluding hydrogens is 1280 g/mol. The van der Waals surface area contributed by atoms with Gasteiger partial charge in [-0.2, -0.15) is 16.8 Å². The Balaban J connectivity index is 0.918. The maximum atomic E-state index is 14.5. The summed E-state index contributed by atoms with van der Waals surface area (Å²) in [6.07, 6.45) is -37.0. The van der Waals surface area contributed by atoms with Crippen LogP contribution >= 0.6 is 0 Å². The summed E-state index contributed by atoms with van der Waals surface area (Å²) in [7, 11) is -9.46. The maximum absolute atomic E-state index is 14.5. The molecule has 93 heavy (non-hydrogen) atoms. The SMILES string of the molecule is CO[C@@H]1[C@@H](O)[C@H](O[C@@H]2[C@@H](O)[C@H](O[C@H]3[C@H](O)[C@@H](O[C@@H]4OC[C@@H](O)[C@H](O)[C@H]4O)[C@H](O[C@H]4[C@H](O[C@H]5CC[C@]6(C)C7=CC[C@]89C(=O)O[C@@](C)(CCCC(C)C)[C@H]8C(=O)C[C@@]9(C)[C@@H]7CC[C@H]6C5(C)C)OC[C@@H](OS(=O)(=O)O)[C@@H]4O)O[C@@H]3C)O[C@H](COS(=O)(=O)O)[C@H]2O)O[C@H](CO)[C@H]1O. The van der Waals surface area contributed by atoms with Crippen LogP contribution in [0.1, 0.15) is 113 Å². The Morgan fingerprint density at radius 2 is 1.27 bits per heavy atom. The Labute approximate surface area is 539 Å². The maximum Gasteiger partial charge on any atom is 0.397 e. The lowest BCUT2D eigenvalue weighted by Gasteiger charge is -2.63. The highest BCUT2D eigenvalue weighted by atomic mass is 32.3. The highest BCUT2D eigenvalue weighted by Crippen LogP contribution is 2.75. The van der Waals surface area contributed by atoms with Crippen LogP contribution in [-0.4, -0.2) is 275 Å². The molecule has 4 aliphatic carbocycles. The third kappa shape index (κ3) is 13.6. The predicted molar refractivity (Wildman–Crippen MR) is 308 cm³/mol. The van der Waals surface area contributed by atoms with Crippen molar-refractivity contribution < 1.29 is 152 Å². The monoisotopic (exact) mass is 1380 g/mol. The predicted octanol–water partition coefficient (Wildman–Crippen LogP) is -2.01. The van der Waals surface area contributed by atoms with Gasteiger partial charge in [-0.25, -0.2) is 8.37 Å². The molecule has 0 radical (unpaired) electrons. The number of cyclic esters (lactones) is 1. The second-order valence-electron chi connectivity index (χ2n) is 28.7. The van der Waals surface area contributed by atoms with Gasteiger partial charge in [0.15, 0.2) is 31.5 Å². The van der Waals surface area contributed by atoms with E-state index in [-0.39, 0.29) is 30.0 Å². The van der Waals surface area contributed by atoms with E-state index in [2.05, 4.69) is 38.0 Å². The Kier molecular flexibility index (Phi) is 21.6. The molecule has 6 saturated heterocycles. The summed E-state index contributed by atoms with van der Waals surface area (Å²) in [5.41, 5.74) is -2.72. The molecule has 10 aliphatic rings. The van der Waals surface area contributed by atoms with E-state index in [4.69, 9.17) is 61.0 Å². The molecule has 32 nitrogen and oxygen atoms in total. The summed E-state index contributed by atoms with van der Waals surface area (Å²) in [5.74, 6) is -0.643. The zero-order chi connectivity index (χ0) is 68.2. The molecule has 0 aromatic carbocycles. The average Bonchev–Trinajstić information content (AvgIpc) is 1.52. The lowest BCUT2D eigenvalue weighted by atomic mass is 9.41. The second kappa shape index (κ2) is 27.4. The fraction of sp³-hybridized carbons (Fsp3) is 0.932. The van der Waals surface area contributed by atoms with Gasteiger partial charge in [0.05, 0.1) is 50.0 Å². The van der Waals surface area contributed by atoms with E-state index in [9.17, 15) is 86.6 Å². The second-order valence-corrected chi connectivity index (χ2v) is 30.8. The van der Waals surface area contributed by atoms with E-state index >= 15 is 0 Å². The van der Waals surface area contributed by atoms with Crippen molar-refractivity contribution in [3.63, 3.8) is 0 Å². The minimum Gasteiger partial charge on any atom is -0.458 e. The number of esters is 1. The van der Waals surface area contributed by atoms with Gasteiger partial charge in [0.2, 0.25) is 0 Å². The van der Waals surface area contributed by atoms with Crippen LogP contribution in [0.2, 0.25) is 0 Å². The van der Waals surface area contributed by atoms with Crippen LogP contribution in [0.25, 0.3) is 0 Å². The number of carbonyl (C=O) groups is 2. The van der Waals surface area contributed by atoms with E-state index in [1.54, 1.807) is 0 Å². The number of methoxy groups -OCH3 is 1. The quantitative estimate of drug-likeness (QED) is 0.0256. The summed E-state index contributed by atoms with van der Waals surface area (Å²) in [5, 5.41) is 112. The zero-order valence-electron chi connectivity index (χ0n) is 53.3. The van der Waals surface area contributed by atoms with Crippen LogP contribution in [0.3, 0.4) is 0 Å². The summed E-state index contributed by atoms with van der Waals surface area (Å²) in [6.45, 7) is 12.4. The van der Waals surface area contributed by atoms with Crippen LogP contribution < -0.4 is 0 Å². The number of allylic oxidation sites excluding steroid dienone is 2. The van der Waals surface area contributed by atoms with Gasteiger partial charge in [-0.3, -0.25) is 18.7 Å². The molecule has 3 saturated carbocycles. The first-order valence-corrected chi connectivity index (χ1v) is 34.6. The molecule has 31 atom stereocenters. The number of rotatable bonds is 21. The van der Waals surface area contributed by atoms with E-state index in [0.29, 0.717) is 44.4 Å². The highest BCUT2D eigenvalue weighted by Gasteiger charge is 2.79. The molecule has 9 fully saturated rings. The molecule has 0 amide bonds. The van der Waals surface area contributed by atoms with E-state index < -0.39 is 228 Å². The summed E-state index contributed by atoms with van der Waals surface area (Å²) < 4.78 is 149. The molecule has 12 N–H and O–H groups in total. The van der Waals surface area contributed by atoms with Crippen LogP contribution in [0.4, 0.5) is 0 Å². The van der Waals surface area contributed by atoms with Crippen molar-refractivity contribution in [2.45, 2.75) is 266 Å². The molecule has 6 aliphatic heterocycles. The minimum atomic E-state index is -5.31. The fourth-order valence-corrected chi connectivity index (χ4v) is 18.3. The van der Waals surface area contributed by atoms with Gasteiger partial charge in [0.25, 0.3) is 0 Å². The van der Waals surface area contributed by atoms with Gasteiger partial charge in [0.1, 0.15) is 115 Å². The molecular formula is C59H94O32S2. The number of fused-ring (bicyclic) bond motifs is 4. The van der Waals surface area contributed by atoms with Crippen molar-refractivity contribution in [1.29, 1.82) is 0 Å². The summed E-state index contributed by atoms with van der Waals surface area (Å²) >= 11 is 0. The standard InChI is InChI=1S/C59H94O32S2/c1-24(2)11-10-16-58(8)48-28(61)19-57(7)27-12-13-33-55(4,5)34(15-17-56(33,6)26(27)14-18-59(48,57)54(71)90-58)85-52-46(38(66)32(22-80-52)91-93(75,76)77)89-53-47(88-49-39(67)35(63)29(62)21-79-49)40(68)43(25(3)82-53)86-51-42(70)45(37(65)31(84-51)23-81-92(72,73)74)87-50-41(69)44(78-9)36(64)30(20-60)83-50/h14,24-25,27,29-53,60,62-70H,10-13,15-23H2,1-9H3,(H,72,73,74)(H,75,76,77)/t25-,27-,29-,30-,31-,32-,33+,34+,35+,36-,37-,38+,39-,40+,41-,42-,43-,44+,45+,46-,47-,48-,49+,50+,51+,52+,53+,56-,57+,58+,59-/m1/s1. The lowest BCUT2D eigenvalue weighted by Crippen LogP contribution is -2.68. The fourth-order valence-electron chi connectivity index (χ4n) is 17.5. The van der Waals surface area contributed by atoms with Gasteiger partial charge < -0.3 is 108 Å². The van der Waals surface area contributed by atoms with Crippen molar-refractivity contribution >= 4 is 32.6 Å². The molecule has 0 bridgehead atoms. The molecule has 1 spiro atoms. The molecule has 34 heteroatoms. The molecule has 6 heterocycles. The Morgan fingerprint density at radius 3 is 1.91 bits per heavy atom.